The summed E-state index contributed by atoms with van der Waals surface area (Å²) in [5.74, 6) is -2.35. The van der Waals surface area contributed by atoms with Gasteiger partial charge in [0.25, 0.3) is 11.8 Å². The molecule has 0 spiro atoms. The van der Waals surface area contributed by atoms with E-state index in [2.05, 4.69) is 5.32 Å². The van der Waals surface area contributed by atoms with E-state index >= 15 is 0 Å². The standard InChI is InChI=1S/C25H20F2N2O4/c1-3-33-19-11-6-16(7-12-19)28-23-22(15-4-9-18(32-2)10-5-15)24(30)29(25(23)31)17-8-13-20(26)21(27)14-17/h4-14,28H,3H2,1-2H3. The Morgan fingerprint density at radius 3 is 2.12 bits per heavy atom. The zero-order valence-electron chi connectivity index (χ0n) is 17.9. The van der Waals surface area contributed by atoms with Gasteiger partial charge < -0.3 is 14.8 Å². The topological polar surface area (TPSA) is 67.9 Å². The maximum atomic E-state index is 13.9. The van der Waals surface area contributed by atoms with Crippen molar-refractivity contribution in [2.75, 3.05) is 23.9 Å². The number of amides is 2. The van der Waals surface area contributed by atoms with Crippen LogP contribution in [0.25, 0.3) is 5.57 Å². The first-order valence-corrected chi connectivity index (χ1v) is 10.2. The lowest BCUT2D eigenvalue weighted by Gasteiger charge is -2.15. The van der Waals surface area contributed by atoms with E-state index in [0.29, 0.717) is 29.4 Å². The third-order valence-corrected chi connectivity index (χ3v) is 5.06. The van der Waals surface area contributed by atoms with Crippen molar-refractivity contribution in [1.82, 2.24) is 0 Å². The Morgan fingerprint density at radius 1 is 0.848 bits per heavy atom. The van der Waals surface area contributed by atoms with Gasteiger partial charge in [-0.05, 0) is 61.0 Å². The number of ether oxygens (including phenoxy) is 2. The van der Waals surface area contributed by atoms with Crippen LogP contribution in [0.2, 0.25) is 0 Å². The summed E-state index contributed by atoms with van der Waals surface area (Å²) in [6.07, 6.45) is 0. The third-order valence-electron chi connectivity index (χ3n) is 5.06. The lowest BCUT2D eigenvalue weighted by molar-refractivity contribution is -0.120. The maximum absolute atomic E-state index is 13.9. The van der Waals surface area contributed by atoms with Crippen molar-refractivity contribution in [3.63, 3.8) is 0 Å². The fourth-order valence-corrected chi connectivity index (χ4v) is 3.48. The molecular formula is C25H20F2N2O4. The second-order valence-electron chi connectivity index (χ2n) is 7.11. The van der Waals surface area contributed by atoms with Crippen molar-refractivity contribution in [1.29, 1.82) is 0 Å². The minimum Gasteiger partial charge on any atom is -0.497 e. The molecule has 0 aromatic heterocycles. The molecule has 0 saturated carbocycles. The highest BCUT2D eigenvalue weighted by molar-refractivity contribution is 6.46. The van der Waals surface area contributed by atoms with Crippen molar-refractivity contribution in [2.24, 2.45) is 0 Å². The first kappa shape index (κ1) is 22.0. The average molecular weight is 450 g/mol. The van der Waals surface area contributed by atoms with Crippen LogP contribution in [0.1, 0.15) is 12.5 Å². The summed E-state index contributed by atoms with van der Waals surface area (Å²) in [6.45, 7) is 2.38. The van der Waals surface area contributed by atoms with Crippen LogP contribution in [0.5, 0.6) is 11.5 Å². The summed E-state index contributed by atoms with van der Waals surface area (Å²) in [6, 6.07) is 16.4. The van der Waals surface area contributed by atoms with Gasteiger partial charge in [0, 0.05) is 11.8 Å². The molecule has 33 heavy (non-hydrogen) atoms. The number of imide groups is 1. The van der Waals surface area contributed by atoms with Gasteiger partial charge in [-0.25, -0.2) is 13.7 Å². The van der Waals surface area contributed by atoms with Crippen LogP contribution < -0.4 is 19.7 Å². The Morgan fingerprint density at radius 2 is 1.52 bits per heavy atom. The normalized spacial score (nSPS) is 13.5. The highest BCUT2D eigenvalue weighted by Crippen LogP contribution is 2.35. The molecule has 4 rings (SSSR count). The van der Waals surface area contributed by atoms with E-state index < -0.39 is 23.4 Å². The number of hydrogen-bond acceptors (Lipinski definition) is 5. The number of rotatable bonds is 7. The van der Waals surface area contributed by atoms with E-state index in [1.807, 2.05) is 6.92 Å². The lowest BCUT2D eigenvalue weighted by atomic mass is 10.0. The van der Waals surface area contributed by atoms with Gasteiger partial charge in [0.15, 0.2) is 11.6 Å². The molecule has 1 heterocycles. The highest BCUT2D eigenvalue weighted by atomic mass is 19.2. The van der Waals surface area contributed by atoms with E-state index in [9.17, 15) is 18.4 Å². The maximum Gasteiger partial charge on any atom is 0.282 e. The predicted molar refractivity (Wildman–Crippen MR) is 120 cm³/mol. The first-order chi connectivity index (χ1) is 15.9. The van der Waals surface area contributed by atoms with Crippen LogP contribution >= 0.6 is 0 Å². The van der Waals surface area contributed by atoms with E-state index in [-0.39, 0.29) is 17.0 Å². The van der Waals surface area contributed by atoms with E-state index in [1.54, 1.807) is 48.5 Å². The largest absolute Gasteiger partial charge is 0.497 e. The first-order valence-electron chi connectivity index (χ1n) is 10.2. The van der Waals surface area contributed by atoms with Crippen LogP contribution in [-0.2, 0) is 9.59 Å². The molecule has 1 aliphatic rings. The molecule has 6 nitrogen and oxygen atoms in total. The number of methoxy groups -OCH3 is 1. The Hall–Kier alpha value is -4.20. The number of carbonyl (C=O) groups is 2. The minimum absolute atomic E-state index is 0.0130. The molecule has 168 valence electrons. The average Bonchev–Trinajstić information content (AvgIpc) is 3.06. The molecule has 1 N–H and O–H groups in total. The molecule has 0 unspecified atom stereocenters. The van der Waals surface area contributed by atoms with Crippen molar-refractivity contribution >= 4 is 28.8 Å². The van der Waals surface area contributed by atoms with Crippen LogP contribution in [0.15, 0.2) is 72.4 Å². The van der Waals surface area contributed by atoms with Crippen molar-refractivity contribution < 1.29 is 27.8 Å². The smallest absolute Gasteiger partial charge is 0.282 e. The summed E-state index contributed by atoms with van der Waals surface area (Å²) >= 11 is 0. The Labute approximate surface area is 189 Å². The van der Waals surface area contributed by atoms with Gasteiger partial charge in [0.1, 0.15) is 17.2 Å². The molecule has 0 atom stereocenters. The zero-order valence-corrected chi connectivity index (χ0v) is 17.9. The quantitative estimate of drug-likeness (QED) is 0.526. The van der Waals surface area contributed by atoms with Crippen LogP contribution in [0.3, 0.4) is 0 Å². The Kier molecular flexibility index (Phi) is 6.08. The molecule has 1 aliphatic heterocycles. The third kappa shape index (κ3) is 4.27. The van der Waals surface area contributed by atoms with Gasteiger partial charge in [-0.1, -0.05) is 12.1 Å². The minimum atomic E-state index is -1.16. The van der Waals surface area contributed by atoms with E-state index in [1.165, 1.54) is 13.2 Å². The molecule has 8 heteroatoms. The number of anilines is 2. The predicted octanol–water partition coefficient (Wildman–Crippen LogP) is 4.77. The van der Waals surface area contributed by atoms with Crippen molar-refractivity contribution in [3.05, 3.63) is 89.6 Å². The van der Waals surface area contributed by atoms with Crippen molar-refractivity contribution in [3.8, 4) is 11.5 Å². The summed E-state index contributed by atoms with van der Waals surface area (Å²) in [4.78, 5) is 27.5. The van der Waals surface area contributed by atoms with Crippen molar-refractivity contribution in [2.45, 2.75) is 6.92 Å². The number of benzene rings is 3. The van der Waals surface area contributed by atoms with Gasteiger partial charge in [-0.15, -0.1) is 0 Å². The Balaban J connectivity index is 1.77. The summed E-state index contributed by atoms with van der Waals surface area (Å²) in [5.41, 5.74) is 1.05. The molecule has 0 aliphatic carbocycles. The monoisotopic (exact) mass is 450 g/mol. The Bertz CT molecular complexity index is 1240. The number of nitrogens with zero attached hydrogens (tertiary/aromatic N) is 1. The van der Waals surface area contributed by atoms with Gasteiger partial charge >= 0.3 is 0 Å². The molecule has 3 aromatic carbocycles. The van der Waals surface area contributed by atoms with Gasteiger partial charge in [0.2, 0.25) is 0 Å². The summed E-state index contributed by atoms with van der Waals surface area (Å²) < 4.78 is 37.9. The SMILES string of the molecule is CCOc1ccc(NC2=C(c3ccc(OC)cc3)C(=O)N(c3ccc(F)c(F)c3)C2=O)cc1. The number of halogens is 2. The molecule has 2 amide bonds. The van der Waals surface area contributed by atoms with E-state index in [0.717, 1.165) is 17.0 Å². The number of carbonyl (C=O) groups excluding carboxylic acids is 2. The lowest BCUT2D eigenvalue weighted by Crippen LogP contribution is -2.32. The highest BCUT2D eigenvalue weighted by Gasteiger charge is 2.40. The second kappa shape index (κ2) is 9.12. The summed E-state index contributed by atoms with van der Waals surface area (Å²) in [5, 5.41) is 3.01. The fraction of sp³-hybridized carbons (Fsp3) is 0.120. The van der Waals surface area contributed by atoms with Crippen LogP contribution in [0, 0.1) is 11.6 Å². The van der Waals surface area contributed by atoms with Gasteiger partial charge in [-0.3, -0.25) is 9.59 Å². The van der Waals surface area contributed by atoms with Crippen LogP contribution in [-0.4, -0.2) is 25.5 Å². The van der Waals surface area contributed by atoms with Gasteiger partial charge in [-0.2, -0.15) is 0 Å². The van der Waals surface area contributed by atoms with E-state index in [4.69, 9.17) is 9.47 Å². The number of hydrogen-bond donors (Lipinski definition) is 1. The molecular weight excluding hydrogens is 430 g/mol. The molecule has 0 fully saturated rings. The number of nitrogens with one attached hydrogen (secondary N) is 1. The zero-order chi connectivity index (χ0) is 23.5. The molecule has 0 radical (unpaired) electrons. The second-order valence-corrected chi connectivity index (χ2v) is 7.11. The molecule has 0 bridgehead atoms. The molecule has 0 saturated heterocycles. The van der Waals surface area contributed by atoms with Crippen LogP contribution in [0.4, 0.5) is 20.2 Å². The van der Waals surface area contributed by atoms with Gasteiger partial charge in [0.05, 0.1) is 25.0 Å². The summed E-state index contributed by atoms with van der Waals surface area (Å²) in [7, 11) is 1.52. The fourth-order valence-electron chi connectivity index (χ4n) is 3.48. The molecule has 3 aromatic rings.